The minimum atomic E-state index is -4.43. The first-order valence-electron chi connectivity index (χ1n) is 3.89. The summed E-state index contributed by atoms with van der Waals surface area (Å²) in [6.07, 6.45) is -3.40. The Balaban J connectivity index is 2.83. The SMILES string of the molecule is Cc1c(Cl)c(OCC(F)(F)F)cc[n+]1[O-]. The van der Waals surface area contributed by atoms with Gasteiger partial charge in [-0.3, -0.25) is 0 Å². The van der Waals surface area contributed by atoms with Gasteiger partial charge in [-0.05, 0) is 0 Å². The van der Waals surface area contributed by atoms with Crippen LogP contribution in [0.3, 0.4) is 0 Å². The Morgan fingerprint density at radius 1 is 1.53 bits per heavy atom. The first-order chi connectivity index (χ1) is 6.81. The fraction of sp³-hybridized carbons (Fsp3) is 0.375. The Hall–Kier alpha value is -1.17. The van der Waals surface area contributed by atoms with E-state index in [4.69, 9.17) is 11.6 Å². The van der Waals surface area contributed by atoms with Crippen molar-refractivity contribution in [2.45, 2.75) is 13.1 Å². The highest BCUT2D eigenvalue weighted by Gasteiger charge is 2.29. The molecule has 0 aliphatic heterocycles. The summed E-state index contributed by atoms with van der Waals surface area (Å²) < 4.78 is 40.3. The molecule has 0 aromatic carbocycles. The molecule has 15 heavy (non-hydrogen) atoms. The number of hydrogen-bond donors (Lipinski definition) is 0. The number of rotatable bonds is 2. The molecule has 1 heterocycles. The van der Waals surface area contributed by atoms with Gasteiger partial charge in [-0.2, -0.15) is 17.9 Å². The summed E-state index contributed by atoms with van der Waals surface area (Å²) >= 11 is 5.61. The van der Waals surface area contributed by atoms with Crippen LogP contribution in [0.4, 0.5) is 13.2 Å². The number of pyridine rings is 1. The summed E-state index contributed by atoms with van der Waals surface area (Å²) in [5.41, 5.74) is 0.0938. The van der Waals surface area contributed by atoms with E-state index in [1.165, 1.54) is 6.92 Å². The highest BCUT2D eigenvalue weighted by molar-refractivity contribution is 6.32. The Kier molecular flexibility index (Phi) is 3.28. The van der Waals surface area contributed by atoms with Crippen LogP contribution in [0.1, 0.15) is 5.69 Å². The van der Waals surface area contributed by atoms with Gasteiger partial charge in [0.1, 0.15) is 0 Å². The lowest BCUT2D eigenvalue weighted by Gasteiger charge is -2.11. The van der Waals surface area contributed by atoms with Crippen molar-refractivity contribution in [3.8, 4) is 5.75 Å². The zero-order valence-corrected chi connectivity index (χ0v) is 8.39. The topological polar surface area (TPSA) is 36.2 Å². The van der Waals surface area contributed by atoms with Crippen molar-refractivity contribution >= 4 is 11.6 Å². The molecule has 84 valence electrons. The molecule has 0 saturated heterocycles. The minimum absolute atomic E-state index is 0.0938. The first-order valence-corrected chi connectivity index (χ1v) is 4.27. The van der Waals surface area contributed by atoms with Gasteiger partial charge in [0.15, 0.2) is 23.6 Å². The third-order valence-corrected chi connectivity index (χ3v) is 2.08. The molecular weight excluding hydrogens is 235 g/mol. The number of alkyl halides is 3. The molecule has 0 aliphatic carbocycles. The van der Waals surface area contributed by atoms with Crippen LogP contribution < -0.4 is 9.47 Å². The summed E-state index contributed by atoms with van der Waals surface area (Å²) in [6, 6.07) is 1.09. The number of hydrogen-bond acceptors (Lipinski definition) is 2. The molecule has 1 aromatic heterocycles. The Morgan fingerprint density at radius 3 is 2.67 bits per heavy atom. The van der Waals surface area contributed by atoms with E-state index in [0.717, 1.165) is 12.3 Å². The standard InChI is InChI=1S/C8H7ClF3NO2/c1-5-7(9)6(2-3-13(5)14)15-4-8(10,11)12/h2-3H,4H2,1H3. The Bertz CT molecular complexity index is 368. The molecule has 0 unspecified atom stereocenters. The van der Waals surface area contributed by atoms with Crippen molar-refractivity contribution in [3.05, 3.63) is 28.2 Å². The maximum Gasteiger partial charge on any atom is 0.422 e. The van der Waals surface area contributed by atoms with Crippen LogP contribution in [0, 0.1) is 12.1 Å². The summed E-state index contributed by atoms with van der Waals surface area (Å²) in [5.74, 6) is -0.154. The van der Waals surface area contributed by atoms with Crippen LogP contribution in [-0.2, 0) is 0 Å². The summed E-state index contributed by atoms with van der Waals surface area (Å²) in [7, 11) is 0. The third kappa shape index (κ3) is 3.16. The molecule has 0 spiro atoms. The van der Waals surface area contributed by atoms with Crippen LogP contribution in [0.2, 0.25) is 5.02 Å². The molecular formula is C8H7ClF3NO2. The van der Waals surface area contributed by atoms with Gasteiger partial charge >= 0.3 is 6.18 Å². The van der Waals surface area contributed by atoms with E-state index in [9.17, 15) is 18.4 Å². The van der Waals surface area contributed by atoms with Gasteiger partial charge in [0.05, 0.1) is 0 Å². The van der Waals surface area contributed by atoms with Crippen molar-refractivity contribution < 1.29 is 22.6 Å². The summed E-state index contributed by atoms with van der Waals surface area (Å²) in [5, 5.41) is 10.8. The Morgan fingerprint density at radius 2 is 2.13 bits per heavy atom. The van der Waals surface area contributed by atoms with E-state index in [1.54, 1.807) is 0 Å². The van der Waals surface area contributed by atoms with Gasteiger partial charge in [-0.15, -0.1) is 0 Å². The third-order valence-electron chi connectivity index (χ3n) is 1.62. The highest BCUT2D eigenvalue weighted by Crippen LogP contribution is 2.26. The van der Waals surface area contributed by atoms with Gasteiger partial charge in [-0.25, -0.2) is 0 Å². The lowest BCUT2D eigenvalue weighted by atomic mass is 10.3. The van der Waals surface area contributed by atoms with Gasteiger partial charge in [0.25, 0.3) is 0 Å². The molecule has 0 amide bonds. The minimum Gasteiger partial charge on any atom is -0.618 e. The molecule has 1 rings (SSSR count). The predicted octanol–water partition coefficient (Wildman–Crippen LogP) is 2.22. The normalized spacial score (nSPS) is 11.5. The lowest BCUT2D eigenvalue weighted by molar-refractivity contribution is -0.612. The van der Waals surface area contributed by atoms with E-state index in [2.05, 4.69) is 4.74 Å². The number of aromatic nitrogens is 1. The maximum absolute atomic E-state index is 11.8. The van der Waals surface area contributed by atoms with Crippen molar-refractivity contribution in [1.29, 1.82) is 0 Å². The van der Waals surface area contributed by atoms with E-state index >= 15 is 0 Å². The fourth-order valence-corrected chi connectivity index (χ4v) is 1.07. The van der Waals surface area contributed by atoms with Gasteiger partial charge in [0, 0.05) is 13.0 Å². The quantitative estimate of drug-likeness (QED) is 0.588. The highest BCUT2D eigenvalue weighted by atomic mass is 35.5. The average Bonchev–Trinajstić information content (AvgIpc) is 2.12. The maximum atomic E-state index is 11.8. The van der Waals surface area contributed by atoms with Crippen molar-refractivity contribution in [2.24, 2.45) is 0 Å². The molecule has 7 heteroatoms. The van der Waals surface area contributed by atoms with Crippen molar-refractivity contribution in [2.75, 3.05) is 6.61 Å². The fourth-order valence-electron chi connectivity index (χ4n) is 0.866. The molecule has 1 aromatic rings. The number of ether oxygens (including phenoxy) is 1. The van der Waals surface area contributed by atoms with Crippen LogP contribution in [0.25, 0.3) is 0 Å². The smallest absolute Gasteiger partial charge is 0.422 e. The molecule has 0 atom stereocenters. The van der Waals surface area contributed by atoms with Crippen LogP contribution in [0.5, 0.6) is 5.75 Å². The second kappa shape index (κ2) is 4.14. The second-order valence-corrected chi connectivity index (χ2v) is 3.19. The largest absolute Gasteiger partial charge is 0.618 e. The zero-order valence-electron chi connectivity index (χ0n) is 7.64. The van der Waals surface area contributed by atoms with Crippen molar-refractivity contribution in [3.63, 3.8) is 0 Å². The molecule has 0 aliphatic rings. The first kappa shape index (κ1) is 11.9. The van der Waals surface area contributed by atoms with Crippen LogP contribution in [0.15, 0.2) is 12.3 Å². The van der Waals surface area contributed by atoms with Gasteiger partial charge in [0.2, 0.25) is 5.69 Å². The number of halogens is 4. The lowest BCUT2D eigenvalue weighted by Crippen LogP contribution is -2.30. The van der Waals surface area contributed by atoms with Crippen LogP contribution >= 0.6 is 11.6 Å². The van der Waals surface area contributed by atoms with E-state index in [0.29, 0.717) is 4.73 Å². The average molecular weight is 242 g/mol. The van der Waals surface area contributed by atoms with Gasteiger partial charge in [-0.1, -0.05) is 11.6 Å². The number of nitrogens with zero attached hydrogens (tertiary/aromatic N) is 1. The predicted molar refractivity (Wildman–Crippen MR) is 46.7 cm³/mol. The summed E-state index contributed by atoms with van der Waals surface area (Å²) in [6.45, 7) is -0.0508. The zero-order chi connectivity index (χ0) is 11.6. The molecule has 0 saturated carbocycles. The molecule has 0 bridgehead atoms. The van der Waals surface area contributed by atoms with E-state index in [1.807, 2.05) is 0 Å². The van der Waals surface area contributed by atoms with Gasteiger partial charge < -0.3 is 9.94 Å². The summed E-state index contributed by atoms with van der Waals surface area (Å²) in [4.78, 5) is 0. The Labute approximate surface area is 88.6 Å². The molecule has 3 nitrogen and oxygen atoms in total. The second-order valence-electron chi connectivity index (χ2n) is 2.81. The van der Waals surface area contributed by atoms with E-state index in [-0.39, 0.29) is 16.5 Å². The molecule has 0 N–H and O–H groups in total. The van der Waals surface area contributed by atoms with E-state index < -0.39 is 12.8 Å². The monoisotopic (exact) mass is 241 g/mol. The van der Waals surface area contributed by atoms with Crippen LogP contribution in [-0.4, -0.2) is 12.8 Å². The molecule has 0 fully saturated rings. The molecule has 0 radical (unpaired) electrons. The van der Waals surface area contributed by atoms with Crippen molar-refractivity contribution in [1.82, 2.24) is 0 Å².